The van der Waals surface area contributed by atoms with Crippen LogP contribution in [-0.2, 0) is 5.54 Å². The number of hydrogen-bond acceptors (Lipinski definition) is 5. The van der Waals surface area contributed by atoms with Crippen LogP contribution in [-0.4, -0.2) is 16.5 Å². The van der Waals surface area contributed by atoms with Gasteiger partial charge in [-0.15, -0.1) is 13.2 Å². The van der Waals surface area contributed by atoms with Gasteiger partial charge in [0.05, 0.1) is 11.1 Å². The molecular weight excluding hydrogens is 275 g/mol. The van der Waals surface area contributed by atoms with E-state index in [1.54, 1.807) is 6.07 Å². The van der Waals surface area contributed by atoms with E-state index in [1.165, 1.54) is 18.2 Å². The molecule has 1 heterocycles. The van der Waals surface area contributed by atoms with Gasteiger partial charge in [-0.25, -0.2) is 0 Å². The Morgan fingerprint density at radius 2 is 1.95 bits per heavy atom. The highest BCUT2D eigenvalue weighted by Crippen LogP contribution is 2.42. The molecule has 2 aromatic rings. The molecule has 1 aliphatic carbocycles. The lowest BCUT2D eigenvalue weighted by Crippen LogP contribution is -2.19. The topological polar surface area (TPSA) is 74.2 Å². The molecule has 0 spiro atoms. The van der Waals surface area contributed by atoms with E-state index in [1.807, 2.05) is 0 Å². The summed E-state index contributed by atoms with van der Waals surface area (Å²) in [5.41, 5.74) is 5.36. The molecule has 0 bridgehead atoms. The van der Waals surface area contributed by atoms with Gasteiger partial charge in [-0.1, -0.05) is 17.3 Å². The van der Waals surface area contributed by atoms with Crippen LogP contribution in [0, 0.1) is 0 Å². The van der Waals surface area contributed by atoms with E-state index in [0.717, 1.165) is 12.8 Å². The number of para-hydroxylation sites is 1. The molecule has 0 aliphatic heterocycles. The number of aromatic nitrogens is 2. The number of hydrogen-bond donors (Lipinski definition) is 1. The van der Waals surface area contributed by atoms with Crippen LogP contribution >= 0.6 is 0 Å². The molecule has 1 fully saturated rings. The minimum Gasteiger partial charge on any atom is -0.405 e. The van der Waals surface area contributed by atoms with E-state index in [0.29, 0.717) is 0 Å². The number of nitrogens with zero attached hydrogens (tertiary/aromatic N) is 2. The summed E-state index contributed by atoms with van der Waals surface area (Å²) in [6.45, 7) is 0. The smallest absolute Gasteiger partial charge is 0.405 e. The molecule has 1 aromatic carbocycles. The minimum absolute atomic E-state index is 0.0246. The van der Waals surface area contributed by atoms with Crippen molar-refractivity contribution in [3.8, 4) is 17.1 Å². The van der Waals surface area contributed by atoms with Crippen molar-refractivity contribution >= 4 is 0 Å². The summed E-state index contributed by atoms with van der Waals surface area (Å²) >= 11 is 0. The van der Waals surface area contributed by atoms with Gasteiger partial charge in [0.2, 0.25) is 11.7 Å². The van der Waals surface area contributed by atoms with Crippen LogP contribution in [0.3, 0.4) is 0 Å². The molecule has 0 unspecified atom stereocenters. The number of halogens is 3. The highest BCUT2D eigenvalue weighted by Gasteiger charge is 2.45. The lowest BCUT2D eigenvalue weighted by atomic mass is 10.2. The van der Waals surface area contributed by atoms with Crippen LogP contribution < -0.4 is 10.5 Å². The Labute approximate surface area is 111 Å². The van der Waals surface area contributed by atoms with Crippen LogP contribution in [0.2, 0.25) is 0 Å². The molecule has 20 heavy (non-hydrogen) atoms. The first kappa shape index (κ1) is 12.9. The fourth-order valence-electron chi connectivity index (χ4n) is 1.75. The van der Waals surface area contributed by atoms with Gasteiger partial charge in [0.15, 0.2) is 0 Å². The summed E-state index contributed by atoms with van der Waals surface area (Å²) in [6.07, 6.45) is -3.35. The second-order valence-electron chi connectivity index (χ2n) is 4.62. The lowest BCUT2D eigenvalue weighted by molar-refractivity contribution is -0.274. The van der Waals surface area contributed by atoms with Crippen molar-refractivity contribution in [1.29, 1.82) is 0 Å². The Hall–Kier alpha value is -2.09. The number of benzene rings is 1. The van der Waals surface area contributed by atoms with Crippen LogP contribution in [0.1, 0.15) is 18.7 Å². The fourth-order valence-corrected chi connectivity index (χ4v) is 1.75. The van der Waals surface area contributed by atoms with E-state index in [-0.39, 0.29) is 23.0 Å². The zero-order valence-corrected chi connectivity index (χ0v) is 10.1. The van der Waals surface area contributed by atoms with Crippen molar-refractivity contribution in [3.05, 3.63) is 30.2 Å². The average Bonchev–Trinajstić information content (AvgIpc) is 2.91. The predicted molar refractivity (Wildman–Crippen MR) is 61.5 cm³/mol. The monoisotopic (exact) mass is 285 g/mol. The Kier molecular flexibility index (Phi) is 2.72. The van der Waals surface area contributed by atoms with Crippen molar-refractivity contribution < 1.29 is 22.4 Å². The average molecular weight is 285 g/mol. The molecule has 0 saturated heterocycles. The van der Waals surface area contributed by atoms with Crippen molar-refractivity contribution in [3.63, 3.8) is 0 Å². The summed E-state index contributed by atoms with van der Waals surface area (Å²) in [7, 11) is 0. The molecule has 0 radical (unpaired) electrons. The molecule has 1 saturated carbocycles. The van der Waals surface area contributed by atoms with E-state index >= 15 is 0 Å². The van der Waals surface area contributed by atoms with Crippen molar-refractivity contribution in [1.82, 2.24) is 10.1 Å². The Balaban J connectivity index is 1.95. The first-order chi connectivity index (χ1) is 9.37. The maximum absolute atomic E-state index is 12.3. The van der Waals surface area contributed by atoms with Gasteiger partial charge in [0, 0.05) is 0 Å². The van der Waals surface area contributed by atoms with Gasteiger partial charge in [-0.05, 0) is 25.0 Å². The third-order valence-corrected chi connectivity index (χ3v) is 2.99. The van der Waals surface area contributed by atoms with E-state index in [4.69, 9.17) is 10.3 Å². The first-order valence-corrected chi connectivity index (χ1v) is 5.86. The standard InChI is InChI=1S/C12H10F3N3O2/c13-12(14,15)19-8-4-2-1-3-7(8)9-17-10(20-18-9)11(16)5-6-11/h1-4H,5-6,16H2. The van der Waals surface area contributed by atoms with Crippen LogP contribution in [0.4, 0.5) is 13.2 Å². The summed E-state index contributed by atoms with van der Waals surface area (Å²) in [5.74, 6) is -0.125. The third kappa shape index (κ3) is 2.46. The third-order valence-electron chi connectivity index (χ3n) is 2.99. The minimum atomic E-state index is -4.78. The number of ether oxygens (including phenoxy) is 1. The SMILES string of the molecule is NC1(c2nc(-c3ccccc3OC(F)(F)F)no2)CC1. The quantitative estimate of drug-likeness (QED) is 0.938. The Bertz CT molecular complexity index is 635. The van der Waals surface area contributed by atoms with Gasteiger partial charge < -0.3 is 15.0 Å². The second kappa shape index (κ2) is 4.20. The summed E-state index contributed by atoms with van der Waals surface area (Å²) in [5, 5.41) is 3.67. The van der Waals surface area contributed by atoms with Gasteiger partial charge >= 0.3 is 6.36 Å². The molecular formula is C12H10F3N3O2. The van der Waals surface area contributed by atoms with Gasteiger partial charge in [0.1, 0.15) is 5.75 Å². The Morgan fingerprint density at radius 3 is 2.60 bits per heavy atom. The van der Waals surface area contributed by atoms with E-state index in [2.05, 4.69) is 14.9 Å². The fraction of sp³-hybridized carbons (Fsp3) is 0.333. The van der Waals surface area contributed by atoms with Crippen molar-refractivity contribution in [2.45, 2.75) is 24.7 Å². The number of nitrogens with two attached hydrogens (primary N) is 1. The van der Waals surface area contributed by atoms with Gasteiger partial charge in [-0.3, -0.25) is 0 Å². The predicted octanol–water partition coefficient (Wildman–Crippen LogP) is 2.58. The molecule has 1 aliphatic rings. The molecule has 2 N–H and O–H groups in total. The Morgan fingerprint density at radius 1 is 1.25 bits per heavy atom. The first-order valence-electron chi connectivity index (χ1n) is 5.86. The lowest BCUT2D eigenvalue weighted by Gasteiger charge is -2.10. The molecule has 8 heteroatoms. The van der Waals surface area contributed by atoms with Crippen LogP contribution in [0.5, 0.6) is 5.75 Å². The van der Waals surface area contributed by atoms with Gasteiger partial charge in [-0.2, -0.15) is 4.98 Å². The van der Waals surface area contributed by atoms with Crippen molar-refractivity contribution in [2.75, 3.05) is 0 Å². The number of rotatable bonds is 3. The largest absolute Gasteiger partial charge is 0.573 e. The van der Waals surface area contributed by atoms with Crippen LogP contribution in [0.15, 0.2) is 28.8 Å². The summed E-state index contributed by atoms with van der Waals surface area (Å²) in [4.78, 5) is 4.05. The molecule has 0 amide bonds. The van der Waals surface area contributed by atoms with Gasteiger partial charge in [0.25, 0.3) is 0 Å². The summed E-state index contributed by atoms with van der Waals surface area (Å²) in [6, 6.07) is 5.60. The molecule has 0 atom stereocenters. The molecule has 5 nitrogen and oxygen atoms in total. The second-order valence-corrected chi connectivity index (χ2v) is 4.62. The zero-order chi connectivity index (χ0) is 14.4. The van der Waals surface area contributed by atoms with Crippen LogP contribution in [0.25, 0.3) is 11.4 Å². The van der Waals surface area contributed by atoms with Crippen molar-refractivity contribution in [2.24, 2.45) is 5.73 Å². The van der Waals surface area contributed by atoms with E-state index in [9.17, 15) is 13.2 Å². The highest BCUT2D eigenvalue weighted by atomic mass is 19.4. The maximum Gasteiger partial charge on any atom is 0.573 e. The molecule has 106 valence electrons. The maximum atomic E-state index is 12.3. The highest BCUT2D eigenvalue weighted by molar-refractivity contribution is 5.63. The molecule has 3 rings (SSSR count). The molecule has 1 aromatic heterocycles. The zero-order valence-electron chi connectivity index (χ0n) is 10.1. The normalized spacial score (nSPS) is 17.0. The number of alkyl halides is 3. The van der Waals surface area contributed by atoms with E-state index < -0.39 is 11.9 Å². The summed E-state index contributed by atoms with van der Waals surface area (Å²) < 4.78 is 46.0.